The molecule has 2 N–H and O–H groups in total. The number of hydrogen-bond acceptors (Lipinski definition) is 4. The predicted molar refractivity (Wildman–Crippen MR) is 85.9 cm³/mol. The third-order valence-corrected chi connectivity index (χ3v) is 4.62. The van der Waals surface area contributed by atoms with E-state index in [4.69, 9.17) is 4.74 Å². The van der Waals surface area contributed by atoms with Crippen LogP contribution >= 0.6 is 0 Å². The molecule has 1 saturated carbocycles. The van der Waals surface area contributed by atoms with Gasteiger partial charge in [-0.1, -0.05) is 25.0 Å². The summed E-state index contributed by atoms with van der Waals surface area (Å²) in [4.78, 5) is 37.3. The number of benzene rings is 1. The number of para-hydroxylation sites is 2. The number of carboxylic acids is 1. The van der Waals surface area contributed by atoms with Gasteiger partial charge in [0, 0.05) is 13.0 Å². The molecule has 1 fully saturated rings. The molecule has 0 unspecified atom stereocenters. The van der Waals surface area contributed by atoms with E-state index >= 15 is 0 Å². The van der Waals surface area contributed by atoms with Gasteiger partial charge in [0.25, 0.3) is 5.91 Å². The van der Waals surface area contributed by atoms with Crippen LogP contribution in [0.5, 0.6) is 5.75 Å². The fourth-order valence-electron chi connectivity index (χ4n) is 3.31. The average molecular weight is 332 g/mol. The van der Waals surface area contributed by atoms with Gasteiger partial charge < -0.3 is 20.1 Å². The fraction of sp³-hybridized carbons (Fsp3) is 0.471. The topological polar surface area (TPSA) is 95.9 Å². The maximum atomic E-state index is 12.2. The summed E-state index contributed by atoms with van der Waals surface area (Å²) in [6, 6.07) is 7.15. The van der Waals surface area contributed by atoms with E-state index in [1.54, 1.807) is 18.2 Å². The second-order valence-electron chi connectivity index (χ2n) is 6.19. The number of aliphatic carboxylic acids is 1. The Kier molecular flexibility index (Phi) is 4.42. The Morgan fingerprint density at radius 3 is 2.67 bits per heavy atom. The van der Waals surface area contributed by atoms with Crippen LogP contribution in [-0.4, -0.2) is 41.6 Å². The monoisotopic (exact) mass is 332 g/mol. The van der Waals surface area contributed by atoms with Crippen molar-refractivity contribution in [1.82, 2.24) is 5.32 Å². The summed E-state index contributed by atoms with van der Waals surface area (Å²) in [7, 11) is 0. The highest BCUT2D eigenvalue weighted by Crippen LogP contribution is 2.32. The molecular formula is C17H20N2O5. The lowest BCUT2D eigenvalue weighted by atomic mass is 9.97. The highest BCUT2D eigenvalue weighted by Gasteiger charge is 2.42. The van der Waals surface area contributed by atoms with Gasteiger partial charge in [0.05, 0.1) is 5.69 Å². The third kappa shape index (κ3) is 3.06. The molecule has 0 atom stereocenters. The number of carboxylic acid groups (broad SMARTS) is 1. The Morgan fingerprint density at radius 1 is 1.25 bits per heavy atom. The van der Waals surface area contributed by atoms with E-state index < -0.39 is 11.5 Å². The molecule has 24 heavy (non-hydrogen) atoms. The Labute approximate surface area is 139 Å². The molecule has 0 bridgehead atoms. The van der Waals surface area contributed by atoms with E-state index in [0.29, 0.717) is 24.3 Å². The van der Waals surface area contributed by atoms with Gasteiger partial charge in [-0.15, -0.1) is 0 Å². The first kappa shape index (κ1) is 16.3. The van der Waals surface area contributed by atoms with Crippen LogP contribution in [0.3, 0.4) is 0 Å². The van der Waals surface area contributed by atoms with Gasteiger partial charge in [-0.25, -0.2) is 4.79 Å². The van der Waals surface area contributed by atoms with Crippen LogP contribution in [0.1, 0.15) is 32.1 Å². The van der Waals surface area contributed by atoms with Crippen LogP contribution in [0, 0.1) is 0 Å². The van der Waals surface area contributed by atoms with Gasteiger partial charge in [0.2, 0.25) is 5.91 Å². The molecule has 1 aliphatic carbocycles. The van der Waals surface area contributed by atoms with E-state index in [1.165, 1.54) is 4.90 Å². The minimum atomic E-state index is -1.15. The minimum absolute atomic E-state index is 0.0507. The summed E-state index contributed by atoms with van der Waals surface area (Å²) in [5.41, 5.74) is -0.514. The second-order valence-corrected chi connectivity index (χ2v) is 6.19. The number of hydrogen-bond donors (Lipinski definition) is 2. The third-order valence-electron chi connectivity index (χ3n) is 4.62. The van der Waals surface area contributed by atoms with Crippen LogP contribution < -0.4 is 15.0 Å². The maximum Gasteiger partial charge on any atom is 0.329 e. The van der Waals surface area contributed by atoms with E-state index in [2.05, 4.69) is 5.32 Å². The zero-order valence-electron chi connectivity index (χ0n) is 13.3. The molecule has 1 aliphatic heterocycles. The van der Waals surface area contributed by atoms with Crippen LogP contribution in [0.4, 0.5) is 5.69 Å². The molecule has 1 heterocycles. The van der Waals surface area contributed by atoms with Crippen molar-refractivity contribution >= 4 is 23.5 Å². The molecule has 2 amide bonds. The summed E-state index contributed by atoms with van der Waals surface area (Å²) >= 11 is 0. The molecule has 0 aromatic heterocycles. The molecule has 3 rings (SSSR count). The van der Waals surface area contributed by atoms with Gasteiger partial charge in [-0.05, 0) is 25.0 Å². The summed E-state index contributed by atoms with van der Waals surface area (Å²) in [5, 5.41) is 12.1. The number of carbonyl (C=O) groups excluding carboxylic acids is 2. The standard InChI is InChI=1S/C17H20N2O5/c20-14(18-17(16(22)23)8-3-4-9-17)7-10-19-12-5-1-2-6-13(12)24-11-15(19)21/h1-2,5-6H,3-4,7-11H2,(H,18,20)(H,22,23). The predicted octanol–water partition coefficient (Wildman–Crippen LogP) is 1.32. The maximum absolute atomic E-state index is 12.2. The normalized spacial score (nSPS) is 18.7. The molecule has 1 aromatic carbocycles. The number of carbonyl (C=O) groups is 3. The van der Waals surface area contributed by atoms with Crippen molar-refractivity contribution < 1.29 is 24.2 Å². The summed E-state index contributed by atoms with van der Waals surface area (Å²) in [5.74, 6) is -0.942. The molecule has 0 saturated heterocycles. The van der Waals surface area contributed by atoms with Gasteiger partial charge in [-0.2, -0.15) is 0 Å². The first-order chi connectivity index (χ1) is 11.5. The van der Waals surface area contributed by atoms with Crippen LogP contribution in [0.25, 0.3) is 0 Å². The quantitative estimate of drug-likeness (QED) is 0.848. The van der Waals surface area contributed by atoms with Crippen molar-refractivity contribution in [3.63, 3.8) is 0 Å². The number of fused-ring (bicyclic) bond motifs is 1. The number of ether oxygens (including phenoxy) is 1. The lowest BCUT2D eigenvalue weighted by Crippen LogP contribution is -2.53. The summed E-state index contributed by atoms with van der Waals surface area (Å²) < 4.78 is 5.36. The smallest absolute Gasteiger partial charge is 0.329 e. The molecule has 7 heteroatoms. The second kappa shape index (κ2) is 6.51. The van der Waals surface area contributed by atoms with Crippen molar-refractivity contribution in [2.45, 2.75) is 37.6 Å². The van der Waals surface area contributed by atoms with Crippen molar-refractivity contribution in [2.75, 3.05) is 18.1 Å². The number of rotatable bonds is 5. The number of nitrogens with zero attached hydrogens (tertiary/aromatic N) is 1. The molecule has 2 aliphatic rings. The molecule has 0 spiro atoms. The van der Waals surface area contributed by atoms with Crippen molar-refractivity contribution in [3.05, 3.63) is 24.3 Å². The van der Waals surface area contributed by atoms with Gasteiger partial charge in [0.1, 0.15) is 11.3 Å². The van der Waals surface area contributed by atoms with Gasteiger partial charge in [0.15, 0.2) is 6.61 Å². The van der Waals surface area contributed by atoms with E-state index in [9.17, 15) is 19.5 Å². The van der Waals surface area contributed by atoms with Crippen LogP contribution in [0.15, 0.2) is 24.3 Å². The summed E-state index contributed by atoms with van der Waals surface area (Å²) in [6.45, 7) is 0.137. The Morgan fingerprint density at radius 2 is 1.96 bits per heavy atom. The van der Waals surface area contributed by atoms with Crippen molar-refractivity contribution in [3.8, 4) is 5.75 Å². The number of anilines is 1. The Bertz CT molecular complexity index is 667. The largest absolute Gasteiger partial charge is 0.482 e. The lowest BCUT2D eigenvalue weighted by molar-refractivity contribution is -0.147. The molecule has 7 nitrogen and oxygen atoms in total. The molecule has 128 valence electrons. The van der Waals surface area contributed by atoms with Gasteiger partial charge >= 0.3 is 5.97 Å². The van der Waals surface area contributed by atoms with Gasteiger partial charge in [-0.3, -0.25) is 9.59 Å². The Balaban J connectivity index is 1.64. The fourth-order valence-corrected chi connectivity index (χ4v) is 3.31. The highest BCUT2D eigenvalue weighted by molar-refractivity contribution is 5.98. The lowest BCUT2D eigenvalue weighted by Gasteiger charge is -2.30. The minimum Gasteiger partial charge on any atom is -0.482 e. The highest BCUT2D eigenvalue weighted by atomic mass is 16.5. The van der Waals surface area contributed by atoms with E-state index in [1.807, 2.05) is 6.07 Å². The van der Waals surface area contributed by atoms with Crippen LogP contribution in [-0.2, 0) is 14.4 Å². The first-order valence-corrected chi connectivity index (χ1v) is 8.08. The van der Waals surface area contributed by atoms with Crippen molar-refractivity contribution in [1.29, 1.82) is 0 Å². The van der Waals surface area contributed by atoms with E-state index in [0.717, 1.165) is 12.8 Å². The molecule has 1 aromatic rings. The Hall–Kier alpha value is -2.57. The van der Waals surface area contributed by atoms with E-state index in [-0.39, 0.29) is 31.4 Å². The SMILES string of the molecule is O=C(CCN1C(=O)COc2ccccc21)NC1(C(=O)O)CCCC1. The van der Waals surface area contributed by atoms with Crippen molar-refractivity contribution in [2.24, 2.45) is 0 Å². The number of amides is 2. The first-order valence-electron chi connectivity index (χ1n) is 8.08. The zero-order chi connectivity index (χ0) is 17.2. The summed E-state index contributed by atoms with van der Waals surface area (Å²) in [6.07, 6.45) is 2.54. The molecule has 0 radical (unpaired) electrons. The number of nitrogens with one attached hydrogen (secondary N) is 1. The zero-order valence-corrected chi connectivity index (χ0v) is 13.3. The molecular weight excluding hydrogens is 312 g/mol. The average Bonchev–Trinajstić information content (AvgIpc) is 3.04. The van der Waals surface area contributed by atoms with Crippen LogP contribution in [0.2, 0.25) is 0 Å².